The average Bonchev–Trinajstić information content (AvgIpc) is 1.69. The second-order valence-electron chi connectivity index (χ2n) is 0.806. The third-order valence-electron chi connectivity index (χ3n) is 0.359. The molecule has 0 unspecified atom stereocenters. The molecule has 0 aliphatic carbocycles. The third kappa shape index (κ3) is 5.69. The zero-order valence-electron chi connectivity index (χ0n) is 3.63. The maximum Gasteiger partial charge on any atom is 0.235 e. The molecule has 0 bridgehead atoms. The van der Waals surface area contributed by atoms with E-state index < -0.39 is 0 Å². The lowest BCUT2D eigenvalue weighted by Crippen LogP contribution is -1.86. The van der Waals surface area contributed by atoms with E-state index in [2.05, 4.69) is 22.1 Å². The fourth-order valence-electron chi connectivity index (χ4n) is 0.132. The summed E-state index contributed by atoms with van der Waals surface area (Å²) < 4.78 is 4.27. The van der Waals surface area contributed by atoms with E-state index in [1.54, 1.807) is 0 Å². The Morgan fingerprint density at radius 3 is 3.00 bits per heavy atom. The summed E-state index contributed by atoms with van der Waals surface area (Å²) in [5.74, 6) is 0. The Morgan fingerprint density at radius 2 is 2.57 bits per heavy atom. The molecule has 0 aromatic rings. The van der Waals surface area contributed by atoms with Crippen LogP contribution in [-0.2, 0) is 8.98 Å². The standard InChI is InChI=1S/C3H5NO2S/c5-3-4-1-2-6-7/h7H,1-2H2. The van der Waals surface area contributed by atoms with E-state index >= 15 is 0 Å². The zero-order valence-corrected chi connectivity index (χ0v) is 4.52. The first-order valence-corrected chi connectivity index (χ1v) is 2.08. The number of rotatable bonds is 3. The highest BCUT2D eigenvalue weighted by molar-refractivity contribution is 7.75. The summed E-state index contributed by atoms with van der Waals surface area (Å²) in [6.07, 6.45) is 1.36. The van der Waals surface area contributed by atoms with Crippen molar-refractivity contribution in [3.8, 4) is 0 Å². The van der Waals surface area contributed by atoms with E-state index in [1.165, 1.54) is 6.08 Å². The Morgan fingerprint density at radius 1 is 1.86 bits per heavy atom. The fourth-order valence-corrected chi connectivity index (χ4v) is 0.214. The molecule has 0 heterocycles. The summed E-state index contributed by atoms with van der Waals surface area (Å²) in [6, 6.07) is 0. The van der Waals surface area contributed by atoms with E-state index in [0.29, 0.717) is 13.2 Å². The number of aliphatic imine (C=N–C) groups is 1. The Bertz CT molecular complexity index is 79.0. The molecule has 4 heteroatoms. The third-order valence-corrected chi connectivity index (χ3v) is 0.542. The first-order valence-electron chi connectivity index (χ1n) is 1.72. The zero-order chi connectivity index (χ0) is 5.54. The monoisotopic (exact) mass is 119 g/mol. The van der Waals surface area contributed by atoms with Gasteiger partial charge in [-0.3, -0.25) is 0 Å². The molecular formula is C3H5NO2S. The van der Waals surface area contributed by atoms with Gasteiger partial charge in [-0.05, 0) is 12.9 Å². The van der Waals surface area contributed by atoms with Gasteiger partial charge >= 0.3 is 0 Å². The molecular weight excluding hydrogens is 114 g/mol. The van der Waals surface area contributed by atoms with Gasteiger partial charge in [-0.25, -0.2) is 9.79 Å². The first-order chi connectivity index (χ1) is 3.41. The van der Waals surface area contributed by atoms with Crippen molar-refractivity contribution in [2.75, 3.05) is 13.2 Å². The number of carbonyl (C=O) groups excluding carboxylic acids is 1. The Balaban J connectivity index is 2.83. The van der Waals surface area contributed by atoms with Crippen molar-refractivity contribution in [1.29, 1.82) is 0 Å². The number of hydrogen-bond acceptors (Lipinski definition) is 4. The van der Waals surface area contributed by atoms with Crippen molar-refractivity contribution in [3.63, 3.8) is 0 Å². The van der Waals surface area contributed by atoms with E-state index in [1.807, 2.05) is 0 Å². The van der Waals surface area contributed by atoms with Crippen LogP contribution in [0.1, 0.15) is 0 Å². The predicted molar refractivity (Wildman–Crippen MR) is 27.9 cm³/mol. The quantitative estimate of drug-likeness (QED) is 0.189. The molecule has 0 N–H and O–H groups in total. The number of hydrogen-bond donors (Lipinski definition) is 1. The average molecular weight is 119 g/mol. The largest absolute Gasteiger partial charge is 0.317 e. The fraction of sp³-hybridized carbons (Fsp3) is 0.667. The van der Waals surface area contributed by atoms with Crippen LogP contribution in [0.5, 0.6) is 0 Å². The molecule has 0 aliphatic rings. The van der Waals surface area contributed by atoms with Gasteiger partial charge in [0.1, 0.15) is 0 Å². The second-order valence-corrected chi connectivity index (χ2v) is 1.06. The highest BCUT2D eigenvalue weighted by Gasteiger charge is 1.74. The maximum atomic E-state index is 9.31. The molecule has 0 spiro atoms. The van der Waals surface area contributed by atoms with Crippen LogP contribution in [0, 0.1) is 0 Å². The topological polar surface area (TPSA) is 38.7 Å². The molecule has 0 radical (unpaired) electrons. The molecule has 0 aromatic carbocycles. The highest BCUT2D eigenvalue weighted by Crippen LogP contribution is 1.75. The van der Waals surface area contributed by atoms with E-state index in [4.69, 9.17) is 0 Å². The summed E-state index contributed by atoms with van der Waals surface area (Å²) in [5.41, 5.74) is 0. The summed E-state index contributed by atoms with van der Waals surface area (Å²) in [5, 5.41) is 0. The summed E-state index contributed by atoms with van der Waals surface area (Å²) in [6.45, 7) is 0.700. The van der Waals surface area contributed by atoms with Crippen LogP contribution in [0.25, 0.3) is 0 Å². The normalized spacial score (nSPS) is 7.57. The van der Waals surface area contributed by atoms with Crippen LogP contribution in [0.2, 0.25) is 0 Å². The Kier molecular flexibility index (Phi) is 5.44. The number of isocyanates is 1. The Hall–Kier alpha value is -0.310. The summed E-state index contributed by atoms with van der Waals surface area (Å²) >= 11 is 3.40. The highest BCUT2D eigenvalue weighted by atomic mass is 32.1. The first kappa shape index (κ1) is 6.69. The van der Waals surface area contributed by atoms with Gasteiger partial charge in [-0.15, -0.1) is 0 Å². The number of nitrogens with zero attached hydrogens (tertiary/aromatic N) is 1. The van der Waals surface area contributed by atoms with Crippen molar-refractivity contribution in [2.24, 2.45) is 4.99 Å². The van der Waals surface area contributed by atoms with E-state index in [0.717, 1.165) is 0 Å². The van der Waals surface area contributed by atoms with Crippen molar-refractivity contribution in [2.45, 2.75) is 0 Å². The second kappa shape index (κ2) is 5.69. The molecule has 0 aliphatic heterocycles. The molecule has 0 rings (SSSR count). The van der Waals surface area contributed by atoms with Gasteiger partial charge in [-0.2, -0.15) is 0 Å². The lowest BCUT2D eigenvalue weighted by molar-refractivity contribution is 0.394. The number of thiol groups is 1. The van der Waals surface area contributed by atoms with Crippen LogP contribution < -0.4 is 0 Å². The van der Waals surface area contributed by atoms with Gasteiger partial charge < -0.3 is 4.18 Å². The van der Waals surface area contributed by atoms with Gasteiger partial charge in [0, 0.05) is 0 Å². The van der Waals surface area contributed by atoms with Crippen molar-refractivity contribution < 1.29 is 8.98 Å². The molecule has 7 heavy (non-hydrogen) atoms. The smallest absolute Gasteiger partial charge is 0.235 e. The van der Waals surface area contributed by atoms with E-state index in [-0.39, 0.29) is 0 Å². The molecule has 0 saturated heterocycles. The molecule has 3 nitrogen and oxygen atoms in total. The summed E-state index contributed by atoms with van der Waals surface area (Å²) in [4.78, 5) is 12.5. The van der Waals surface area contributed by atoms with Gasteiger partial charge in [-0.1, -0.05) is 0 Å². The lowest BCUT2D eigenvalue weighted by atomic mass is 10.7. The SMILES string of the molecule is O=C=NCCOS. The molecule has 40 valence electrons. The van der Waals surface area contributed by atoms with Crippen LogP contribution in [0.3, 0.4) is 0 Å². The molecule has 0 amide bonds. The van der Waals surface area contributed by atoms with Crippen molar-refractivity contribution in [3.05, 3.63) is 0 Å². The van der Waals surface area contributed by atoms with Crippen LogP contribution >= 0.6 is 12.9 Å². The van der Waals surface area contributed by atoms with Gasteiger partial charge in [0.05, 0.1) is 13.2 Å². The minimum atomic E-state index is 0.340. The Labute approximate surface area is 47.0 Å². The minimum absolute atomic E-state index is 0.340. The molecule has 0 aromatic heterocycles. The van der Waals surface area contributed by atoms with Crippen LogP contribution in [0.15, 0.2) is 4.99 Å². The minimum Gasteiger partial charge on any atom is -0.317 e. The summed E-state index contributed by atoms with van der Waals surface area (Å²) in [7, 11) is 0. The van der Waals surface area contributed by atoms with Crippen LogP contribution in [0.4, 0.5) is 0 Å². The van der Waals surface area contributed by atoms with Gasteiger partial charge in [0.15, 0.2) is 0 Å². The molecule has 0 atom stereocenters. The van der Waals surface area contributed by atoms with Gasteiger partial charge in [0.2, 0.25) is 6.08 Å². The predicted octanol–water partition coefficient (Wildman–Crippen LogP) is 0.184. The molecule has 0 saturated carbocycles. The maximum absolute atomic E-state index is 9.31. The lowest BCUT2D eigenvalue weighted by Gasteiger charge is -1.83. The van der Waals surface area contributed by atoms with Crippen LogP contribution in [-0.4, -0.2) is 19.2 Å². The van der Waals surface area contributed by atoms with E-state index in [9.17, 15) is 4.79 Å². The van der Waals surface area contributed by atoms with Crippen molar-refractivity contribution >= 4 is 19.0 Å². The van der Waals surface area contributed by atoms with Gasteiger partial charge in [0.25, 0.3) is 0 Å². The van der Waals surface area contributed by atoms with Crippen molar-refractivity contribution in [1.82, 2.24) is 0 Å². The molecule has 0 fully saturated rings.